The topological polar surface area (TPSA) is 34.2 Å². The average Bonchev–Trinajstić information content (AvgIpc) is 2.61. The fraction of sp³-hybridized carbons (Fsp3) is 0.300. The van der Waals surface area contributed by atoms with Gasteiger partial charge in [-0.25, -0.2) is 4.98 Å². The van der Waals surface area contributed by atoms with Gasteiger partial charge in [-0.3, -0.25) is 0 Å². The van der Waals surface area contributed by atoms with Crippen molar-refractivity contribution in [2.45, 2.75) is 6.04 Å². The van der Waals surface area contributed by atoms with Crippen LogP contribution in [0.5, 0.6) is 0 Å². The molecular formula is C10H9ClN2OS. The number of anilines is 1. The van der Waals surface area contributed by atoms with E-state index in [1.165, 1.54) is 0 Å². The number of thiazole rings is 1. The smallest absolute Gasteiger partial charge is 0.106 e. The summed E-state index contributed by atoms with van der Waals surface area (Å²) in [5.74, 6) is 0. The number of fused-ring (bicyclic) bond motifs is 1. The predicted molar refractivity (Wildman–Crippen MR) is 62.9 cm³/mol. The lowest BCUT2D eigenvalue weighted by atomic mass is 10.2. The first-order valence-corrected chi connectivity index (χ1v) is 5.96. The van der Waals surface area contributed by atoms with Crippen LogP contribution in [0.3, 0.4) is 0 Å². The van der Waals surface area contributed by atoms with E-state index in [0.717, 1.165) is 34.1 Å². The summed E-state index contributed by atoms with van der Waals surface area (Å²) in [4.78, 5) is 4.32. The molecule has 1 aliphatic rings. The van der Waals surface area contributed by atoms with Crippen LogP contribution in [0.4, 0.5) is 5.69 Å². The molecule has 0 amide bonds. The Labute approximate surface area is 96.0 Å². The van der Waals surface area contributed by atoms with Crippen LogP contribution in [-0.2, 0) is 4.74 Å². The largest absolute Gasteiger partial charge is 0.377 e. The minimum absolute atomic E-state index is 0.370. The third-order valence-corrected chi connectivity index (χ3v) is 3.55. The van der Waals surface area contributed by atoms with Crippen molar-refractivity contribution in [2.75, 3.05) is 18.5 Å². The summed E-state index contributed by atoms with van der Waals surface area (Å²) < 4.78 is 6.27. The Hall–Kier alpha value is -0.840. The van der Waals surface area contributed by atoms with Crippen LogP contribution < -0.4 is 5.32 Å². The number of aromatic nitrogens is 1. The number of rotatable bonds is 2. The SMILES string of the molecule is Clc1ccc2scnc2c1NC1COC1. The molecule has 0 saturated carbocycles. The lowest BCUT2D eigenvalue weighted by molar-refractivity contribution is 0.0211. The van der Waals surface area contributed by atoms with Crippen LogP contribution in [-0.4, -0.2) is 24.2 Å². The molecule has 1 N–H and O–H groups in total. The molecule has 1 aromatic carbocycles. The van der Waals surface area contributed by atoms with E-state index in [-0.39, 0.29) is 0 Å². The Balaban J connectivity index is 2.05. The quantitative estimate of drug-likeness (QED) is 0.877. The van der Waals surface area contributed by atoms with Gasteiger partial charge in [-0.05, 0) is 12.1 Å². The normalized spacial score (nSPS) is 16.6. The standard InChI is InChI=1S/C10H9ClN2OS/c11-7-1-2-8-10(12-5-15-8)9(7)13-6-3-14-4-6/h1-2,5-6,13H,3-4H2. The molecular weight excluding hydrogens is 232 g/mol. The Morgan fingerprint density at radius 3 is 3.07 bits per heavy atom. The maximum Gasteiger partial charge on any atom is 0.106 e. The zero-order chi connectivity index (χ0) is 10.3. The molecule has 1 fully saturated rings. The molecule has 1 aliphatic heterocycles. The Morgan fingerprint density at radius 1 is 1.47 bits per heavy atom. The van der Waals surface area contributed by atoms with Gasteiger partial charge in [0.05, 0.1) is 40.2 Å². The highest BCUT2D eigenvalue weighted by molar-refractivity contribution is 7.16. The van der Waals surface area contributed by atoms with Crippen molar-refractivity contribution in [1.82, 2.24) is 4.98 Å². The summed E-state index contributed by atoms with van der Waals surface area (Å²) >= 11 is 7.77. The van der Waals surface area contributed by atoms with Crippen molar-refractivity contribution < 1.29 is 4.74 Å². The van der Waals surface area contributed by atoms with Crippen molar-refractivity contribution in [3.8, 4) is 0 Å². The molecule has 0 spiro atoms. The van der Waals surface area contributed by atoms with Crippen LogP contribution in [0.2, 0.25) is 5.02 Å². The van der Waals surface area contributed by atoms with E-state index in [2.05, 4.69) is 10.3 Å². The van der Waals surface area contributed by atoms with Gasteiger partial charge in [0.15, 0.2) is 0 Å². The summed E-state index contributed by atoms with van der Waals surface area (Å²) in [6.45, 7) is 1.49. The Morgan fingerprint density at radius 2 is 2.33 bits per heavy atom. The first-order chi connectivity index (χ1) is 7.34. The van der Waals surface area contributed by atoms with Crippen molar-refractivity contribution in [2.24, 2.45) is 0 Å². The van der Waals surface area contributed by atoms with Gasteiger partial charge >= 0.3 is 0 Å². The second-order valence-corrected chi connectivity index (χ2v) is 4.79. The number of nitrogens with zero attached hydrogens (tertiary/aromatic N) is 1. The van der Waals surface area contributed by atoms with Gasteiger partial charge < -0.3 is 10.1 Å². The molecule has 0 atom stereocenters. The minimum atomic E-state index is 0.370. The second-order valence-electron chi connectivity index (χ2n) is 3.50. The molecule has 3 nitrogen and oxygen atoms in total. The second kappa shape index (κ2) is 3.63. The van der Waals surface area contributed by atoms with Crippen molar-refractivity contribution >= 4 is 38.8 Å². The zero-order valence-corrected chi connectivity index (χ0v) is 9.44. The highest BCUT2D eigenvalue weighted by atomic mass is 35.5. The first-order valence-electron chi connectivity index (χ1n) is 4.70. The van der Waals surface area contributed by atoms with Crippen molar-refractivity contribution in [1.29, 1.82) is 0 Å². The molecule has 15 heavy (non-hydrogen) atoms. The minimum Gasteiger partial charge on any atom is -0.377 e. The number of nitrogens with one attached hydrogen (secondary N) is 1. The number of benzene rings is 1. The molecule has 0 aliphatic carbocycles. The molecule has 5 heteroatoms. The van der Waals surface area contributed by atoms with Crippen molar-refractivity contribution in [3.05, 3.63) is 22.7 Å². The zero-order valence-electron chi connectivity index (χ0n) is 7.87. The summed E-state index contributed by atoms with van der Waals surface area (Å²) in [7, 11) is 0. The average molecular weight is 241 g/mol. The van der Waals surface area contributed by atoms with Crippen LogP contribution in [0.15, 0.2) is 17.6 Å². The van der Waals surface area contributed by atoms with Gasteiger partial charge in [-0.2, -0.15) is 0 Å². The van der Waals surface area contributed by atoms with E-state index in [1.807, 2.05) is 17.6 Å². The van der Waals surface area contributed by atoms with Gasteiger partial charge in [0, 0.05) is 0 Å². The number of hydrogen-bond acceptors (Lipinski definition) is 4. The van der Waals surface area contributed by atoms with Gasteiger partial charge in [0.1, 0.15) is 5.52 Å². The number of ether oxygens (including phenoxy) is 1. The van der Waals surface area contributed by atoms with Gasteiger partial charge in [0.2, 0.25) is 0 Å². The Kier molecular flexibility index (Phi) is 2.27. The van der Waals surface area contributed by atoms with Gasteiger partial charge in [0.25, 0.3) is 0 Å². The monoisotopic (exact) mass is 240 g/mol. The summed E-state index contributed by atoms with van der Waals surface area (Å²) in [5, 5.41) is 4.09. The van der Waals surface area contributed by atoms with E-state index in [0.29, 0.717) is 6.04 Å². The molecule has 1 saturated heterocycles. The van der Waals surface area contributed by atoms with E-state index >= 15 is 0 Å². The van der Waals surface area contributed by atoms with Crippen LogP contribution >= 0.6 is 22.9 Å². The highest BCUT2D eigenvalue weighted by Gasteiger charge is 2.20. The number of halogens is 1. The molecule has 0 bridgehead atoms. The number of hydrogen-bond donors (Lipinski definition) is 1. The lowest BCUT2D eigenvalue weighted by Gasteiger charge is -2.28. The van der Waals surface area contributed by atoms with E-state index in [4.69, 9.17) is 16.3 Å². The summed E-state index contributed by atoms with van der Waals surface area (Å²) in [5.41, 5.74) is 3.73. The molecule has 78 valence electrons. The fourth-order valence-corrected chi connectivity index (χ4v) is 2.46. The molecule has 2 aromatic rings. The van der Waals surface area contributed by atoms with Crippen LogP contribution in [0, 0.1) is 0 Å². The molecule has 2 heterocycles. The Bertz CT molecular complexity index is 495. The van der Waals surface area contributed by atoms with Crippen LogP contribution in [0.25, 0.3) is 10.2 Å². The van der Waals surface area contributed by atoms with Gasteiger partial charge in [-0.15, -0.1) is 11.3 Å². The molecule has 0 unspecified atom stereocenters. The third-order valence-electron chi connectivity index (χ3n) is 2.44. The van der Waals surface area contributed by atoms with Crippen LogP contribution in [0.1, 0.15) is 0 Å². The van der Waals surface area contributed by atoms with Crippen molar-refractivity contribution in [3.63, 3.8) is 0 Å². The third kappa shape index (κ3) is 1.58. The molecule has 1 aromatic heterocycles. The molecule has 0 radical (unpaired) electrons. The maximum atomic E-state index is 6.15. The van der Waals surface area contributed by atoms with Gasteiger partial charge in [-0.1, -0.05) is 11.6 Å². The van der Waals surface area contributed by atoms with E-state index < -0.39 is 0 Å². The summed E-state index contributed by atoms with van der Waals surface area (Å²) in [6, 6.07) is 4.27. The van der Waals surface area contributed by atoms with E-state index in [1.54, 1.807) is 11.3 Å². The lowest BCUT2D eigenvalue weighted by Crippen LogP contribution is -2.40. The first kappa shape index (κ1) is 9.39. The maximum absolute atomic E-state index is 6.15. The van der Waals surface area contributed by atoms with E-state index in [9.17, 15) is 0 Å². The summed E-state index contributed by atoms with van der Waals surface area (Å²) in [6.07, 6.45) is 0. The predicted octanol–water partition coefficient (Wildman–Crippen LogP) is 2.76. The molecule has 3 rings (SSSR count). The fourth-order valence-electron chi connectivity index (χ4n) is 1.57. The highest BCUT2D eigenvalue weighted by Crippen LogP contribution is 2.33.